The highest BCUT2D eigenvalue weighted by atomic mass is 127. The van der Waals surface area contributed by atoms with Crippen LogP contribution >= 0.6 is 34.2 Å². The number of carbonyl (C=O) groups is 1. The van der Waals surface area contributed by atoms with Crippen molar-refractivity contribution in [2.75, 3.05) is 13.1 Å². The Labute approximate surface area is 146 Å². The van der Waals surface area contributed by atoms with Crippen molar-refractivity contribution in [1.29, 1.82) is 0 Å². The summed E-state index contributed by atoms with van der Waals surface area (Å²) < 4.78 is 6.45. The molecule has 3 rings (SSSR count). The van der Waals surface area contributed by atoms with Crippen LogP contribution in [0.15, 0.2) is 6.07 Å². The van der Waals surface area contributed by atoms with Gasteiger partial charge in [-0.2, -0.15) is 0 Å². The van der Waals surface area contributed by atoms with Gasteiger partial charge in [0.1, 0.15) is 5.60 Å². The number of carbonyl (C=O) groups excluding carboxylic acids is 1. The van der Waals surface area contributed by atoms with Crippen molar-refractivity contribution in [3.8, 4) is 0 Å². The molecular formula is C14H16ClIN4O2. The van der Waals surface area contributed by atoms with Crippen LogP contribution in [-0.4, -0.2) is 44.9 Å². The van der Waals surface area contributed by atoms with Gasteiger partial charge in [0.05, 0.1) is 0 Å². The third kappa shape index (κ3) is 3.01. The van der Waals surface area contributed by atoms with Crippen molar-refractivity contribution < 1.29 is 9.53 Å². The van der Waals surface area contributed by atoms with Gasteiger partial charge in [-0.1, -0.05) is 11.6 Å². The molecule has 0 atom stereocenters. The van der Waals surface area contributed by atoms with Gasteiger partial charge < -0.3 is 14.6 Å². The summed E-state index contributed by atoms with van der Waals surface area (Å²) in [5.74, 6) is 0.257. The number of H-pyrrole nitrogens is 1. The molecule has 0 radical (unpaired) electrons. The number of amides is 1. The van der Waals surface area contributed by atoms with E-state index in [2.05, 4.69) is 37.8 Å². The summed E-state index contributed by atoms with van der Waals surface area (Å²) in [5, 5.41) is 9.24. The van der Waals surface area contributed by atoms with Gasteiger partial charge in [0.15, 0.2) is 10.8 Å². The molecule has 0 aliphatic carbocycles. The first-order valence-corrected chi connectivity index (χ1v) is 8.38. The fourth-order valence-electron chi connectivity index (χ4n) is 2.37. The van der Waals surface area contributed by atoms with Gasteiger partial charge in [0.2, 0.25) is 0 Å². The van der Waals surface area contributed by atoms with Crippen molar-refractivity contribution in [3.63, 3.8) is 0 Å². The molecular weight excluding hydrogens is 419 g/mol. The molecule has 0 aromatic carbocycles. The average Bonchev–Trinajstić information content (AvgIpc) is 2.63. The number of halogens is 2. The number of hydrogen-bond donors (Lipinski definition) is 1. The van der Waals surface area contributed by atoms with Gasteiger partial charge in [-0.3, -0.25) is 0 Å². The molecule has 22 heavy (non-hydrogen) atoms. The summed E-state index contributed by atoms with van der Waals surface area (Å²) >= 11 is 8.17. The van der Waals surface area contributed by atoms with Crippen molar-refractivity contribution >= 4 is 51.3 Å². The summed E-state index contributed by atoms with van der Waals surface area (Å²) in [7, 11) is 0. The number of nitrogens with zero attached hydrogens (tertiary/aromatic N) is 3. The Morgan fingerprint density at radius 1 is 1.45 bits per heavy atom. The molecule has 2 aromatic heterocycles. The molecule has 0 spiro atoms. The molecule has 0 bridgehead atoms. The quantitative estimate of drug-likeness (QED) is 0.697. The lowest BCUT2D eigenvalue weighted by atomic mass is 9.97. The number of aromatic nitrogens is 3. The van der Waals surface area contributed by atoms with Gasteiger partial charge in [-0.15, -0.1) is 10.2 Å². The Kier molecular flexibility index (Phi) is 3.96. The van der Waals surface area contributed by atoms with E-state index >= 15 is 0 Å². The van der Waals surface area contributed by atoms with E-state index in [9.17, 15) is 4.79 Å². The number of fused-ring (bicyclic) bond motifs is 1. The molecule has 1 fully saturated rings. The second-order valence-electron chi connectivity index (χ2n) is 6.36. The molecule has 1 amide bonds. The van der Waals surface area contributed by atoms with Crippen LogP contribution in [0.5, 0.6) is 0 Å². The first-order chi connectivity index (χ1) is 10.2. The number of hydrogen-bond acceptors (Lipinski definition) is 4. The topological polar surface area (TPSA) is 71.1 Å². The van der Waals surface area contributed by atoms with Crippen LogP contribution in [0, 0.1) is 3.57 Å². The van der Waals surface area contributed by atoms with E-state index in [0.717, 1.165) is 20.3 Å². The number of aromatic amines is 1. The molecule has 3 heterocycles. The molecule has 0 saturated carbocycles. The van der Waals surface area contributed by atoms with Crippen LogP contribution < -0.4 is 0 Å². The number of likely N-dealkylation sites (tertiary alicyclic amines) is 1. The highest BCUT2D eigenvalue weighted by Gasteiger charge is 2.36. The molecule has 0 unspecified atom stereocenters. The highest BCUT2D eigenvalue weighted by Crippen LogP contribution is 2.34. The summed E-state index contributed by atoms with van der Waals surface area (Å²) in [6.45, 7) is 6.87. The van der Waals surface area contributed by atoms with E-state index in [1.54, 1.807) is 11.0 Å². The van der Waals surface area contributed by atoms with Gasteiger partial charge in [-0.25, -0.2) is 4.79 Å². The second-order valence-corrected chi connectivity index (χ2v) is 7.83. The summed E-state index contributed by atoms with van der Waals surface area (Å²) in [6, 6.07) is 1.80. The van der Waals surface area contributed by atoms with Gasteiger partial charge in [0, 0.05) is 33.7 Å². The predicted octanol–water partition coefficient (Wildman–Crippen LogP) is 3.55. The van der Waals surface area contributed by atoms with Crippen LogP contribution in [0.2, 0.25) is 5.15 Å². The normalized spacial score (nSPS) is 16.0. The minimum atomic E-state index is -0.468. The Morgan fingerprint density at radius 3 is 2.77 bits per heavy atom. The summed E-state index contributed by atoms with van der Waals surface area (Å²) in [5.41, 5.74) is 1.33. The smallest absolute Gasteiger partial charge is 0.410 e. The zero-order valence-electron chi connectivity index (χ0n) is 12.5. The van der Waals surface area contributed by atoms with E-state index in [1.165, 1.54) is 0 Å². The third-order valence-corrected chi connectivity index (χ3v) is 4.78. The molecule has 1 aliphatic rings. The van der Waals surface area contributed by atoms with E-state index in [1.807, 2.05) is 20.8 Å². The van der Waals surface area contributed by atoms with E-state index in [4.69, 9.17) is 16.3 Å². The van der Waals surface area contributed by atoms with Crippen molar-refractivity contribution in [2.45, 2.75) is 32.3 Å². The average molecular weight is 435 g/mol. The molecule has 1 aliphatic heterocycles. The molecule has 118 valence electrons. The minimum Gasteiger partial charge on any atom is -0.444 e. The van der Waals surface area contributed by atoms with Crippen LogP contribution in [0.3, 0.4) is 0 Å². The first kappa shape index (κ1) is 15.8. The maximum absolute atomic E-state index is 12.0. The minimum absolute atomic E-state index is 0.257. The molecule has 6 nitrogen and oxygen atoms in total. The Morgan fingerprint density at radius 2 is 2.14 bits per heavy atom. The van der Waals surface area contributed by atoms with Gasteiger partial charge >= 0.3 is 6.09 Å². The monoisotopic (exact) mass is 434 g/mol. The van der Waals surface area contributed by atoms with Gasteiger partial charge in [-0.05, 0) is 49.4 Å². The molecule has 8 heteroatoms. The largest absolute Gasteiger partial charge is 0.444 e. The number of ether oxygens (including phenoxy) is 1. The van der Waals surface area contributed by atoms with Crippen LogP contribution in [0.4, 0.5) is 4.79 Å². The number of nitrogens with one attached hydrogen (secondary N) is 1. The van der Waals surface area contributed by atoms with E-state index < -0.39 is 5.60 Å². The Bertz CT molecular complexity index is 734. The standard InChI is InChI=1S/C14H16ClIN4O2/c1-14(2,3)22-13(21)20-5-7(6-20)11-10(16)8-4-9(15)18-19-12(8)17-11/h4,7H,5-6H2,1-3H3,(H,17,19). The molecule has 1 N–H and O–H groups in total. The zero-order valence-corrected chi connectivity index (χ0v) is 15.4. The maximum Gasteiger partial charge on any atom is 0.410 e. The third-order valence-electron chi connectivity index (χ3n) is 3.43. The predicted molar refractivity (Wildman–Crippen MR) is 92.2 cm³/mol. The van der Waals surface area contributed by atoms with Crippen LogP contribution in [0.1, 0.15) is 32.4 Å². The van der Waals surface area contributed by atoms with Crippen molar-refractivity contribution in [1.82, 2.24) is 20.1 Å². The first-order valence-electron chi connectivity index (χ1n) is 6.93. The van der Waals surface area contributed by atoms with Crippen LogP contribution in [0.25, 0.3) is 11.0 Å². The van der Waals surface area contributed by atoms with Crippen molar-refractivity contribution in [3.05, 3.63) is 20.5 Å². The fraction of sp³-hybridized carbons (Fsp3) is 0.500. The van der Waals surface area contributed by atoms with Crippen LogP contribution in [-0.2, 0) is 4.74 Å². The second kappa shape index (κ2) is 5.52. The molecule has 2 aromatic rings. The fourth-order valence-corrected chi connectivity index (χ4v) is 3.51. The van der Waals surface area contributed by atoms with E-state index in [-0.39, 0.29) is 12.0 Å². The number of rotatable bonds is 1. The summed E-state index contributed by atoms with van der Waals surface area (Å²) in [4.78, 5) is 17.0. The van der Waals surface area contributed by atoms with Gasteiger partial charge in [0.25, 0.3) is 0 Å². The van der Waals surface area contributed by atoms with E-state index in [0.29, 0.717) is 18.2 Å². The summed E-state index contributed by atoms with van der Waals surface area (Å²) in [6.07, 6.45) is -0.266. The zero-order chi connectivity index (χ0) is 16.1. The maximum atomic E-state index is 12.0. The Balaban J connectivity index is 1.73. The lowest BCUT2D eigenvalue weighted by molar-refractivity contribution is 0.00787. The van der Waals surface area contributed by atoms with Crippen molar-refractivity contribution in [2.24, 2.45) is 0 Å². The lowest BCUT2D eigenvalue weighted by Gasteiger charge is -2.39. The molecule has 1 saturated heterocycles. The SMILES string of the molecule is CC(C)(C)OC(=O)N1CC(c2[nH]c3nnc(Cl)cc3c2I)C1. The highest BCUT2D eigenvalue weighted by molar-refractivity contribution is 14.1. The lowest BCUT2D eigenvalue weighted by Crippen LogP contribution is -2.50. The Hall–Kier alpha value is -1.09.